The number of benzene rings is 2. The van der Waals surface area contributed by atoms with E-state index in [1.165, 1.54) is 22.7 Å². The van der Waals surface area contributed by atoms with Crippen LogP contribution >= 0.6 is 38.6 Å². The molecule has 0 bridgehead atoms. The van der Waals surface area contributed by atoms with E-state index >= 15 is 0 Å². The largest absolute Gasteiger partial charge is 0.494 e. The van der Waals surface area contributed by atoms with E-state index < -0.39 is 76.1 Å². The van der Waals surface area contributed by atoms with Crippen molar-refractivity contribution in [3.63, 3.8) is 0 Å². The molecule has 6 N–H and O–H groups in total. The van der Waals surface area contributed by atoms with Gasteiger partial charge in [0.05, 0.1) is 70.3 Å². The van der Waals surface area contributed by atoms with Crippen LogP contribution in [0.4, 0.5) is 48.2 Å². The van der Waals surface area contributed by atoms with Crippen molar-refractivity contribution >= 4 is 100 Å². The summed E-state index contributed by atoms with van der Waals surface area (Å²) in [5.41, 5.74) is -3.27. The van der Waals surface area contributed by atoms with E-state index in [9.17, 15) is 35.9 Å². The Morgan fingerprint density at radius 2 is 0.919 bits per heavy atom. The molecule has 16 nitrogen and oxygen atoms in total. The second-order valence-electron chi connectivity index (χ2n) is 23.4. The van der Waals surface area contributed by atoms with E-state index in [0.717, 1.165) is 94.2 Å². The number of esters is 2. The van der Waals surface area contributed by atoms with Gasteiger partial charge in [0.2, 0.25) is 0 Å². The quantitative estimate of drug-likeness (QED) is 0.0359. The molecule has 1 saturated heterocycles. The van der Waals surface area contributed by atoms with Gasteiger partial charge in [-0.1, -0.05) is 52.3 Å². The van der Waals surface area contributed by atoms with Crippen LogP contribution in [0.2, 0.25) is 0 Å². The SMILES string of the molecule is CC(C)(O)C(C)(C)O.CC(C)(O)C(C)(C)O.COC(=O)c1cc(C(F)(F)F)cnc1Nc1nc(-c2ccc(B3OC(C)(C)C(C)(C)O3)cc2)c(C2CC2)s1.COC(=O)c1cc(C(F)(F)F)cnc1Nc1nc(-c2ccc(Br)cc2)c(C2CC2)s1.[B][B]. The molecule has 9 rings (SSSR count). The van der Waals surface area contributed by atoms with Gasteiger partial charge in [0.15, 0.2) is 10.3 Å². The number of alkyl halides is 6. The van der Waals surface area contributed by atoms with Crippen molar-refractivity contribution in [3.8, 4) is 22.5 Å². The molecule has 0 spiro atoms. The van der Waals surface area contributed by atoms with E-state index in [2.05, 4.69) is 66.5 Å². The smallest absolute Gasteiger partial charge is 0.465 e. The minimum atomic E-state index is -4.64. The lowest BCUT2D eigenvalue weighted by molar-refractivity contribution is -0.138. The van der Waals surface area contributed by atoms with Crippen molar-refractivity contribution in [2.24, 2.45) is 0 Å². The van der Waals surface area contributed by atoms with Gasteiger partial charge in [-0.25, -0.2) is 29.5 Å². The second kappa shape index (κ2) is 27.5. The number of nitrogens with one attached hydrogen (secondary N) is 2. The number of pyridine rings is 2. The summed E-state index contributed by atoms with van der Waals surface area (Å²) < 4.78 is 101. The molecule has 462 valence electrons. The number of carbonyl (C=O) groups excluding carboxylic acids is 2. The number of ether oxygens (including phenoxy) is 2. The summed E-state index contributed by atoms with van der Waals surface area (Å²) in [4.78, 5) is 43.5. The van der Waals surface area contributed by atoms with Crippen LogP contribution in [0.5, 0.6) is 0 Å². The average Bonchev–Trinajstić information content (AvgIpc) is 1.87. The highest BCUT2D eigenvalue weighted by molar-refractivity contribution is 9.10. The fourth-order valence-electron chi connectivity index (χ4n) is 6.99. The molecule has 28 heteroatoms. The number of aromatic nitrogens is 4. The lowest BCUT2D eigenvalue weighted by Crippen LogP contribution is -2.44. The van der Waals surface area contributed by atoms with E-state index in [1.54, 1.807) is 55.4 Å². The van der Waals surface area contributed by atoms with Crippen molar-refractivity contribution in [2.45, 2.75) is 167 Å². The molecule has 5 heterocycles. The van der Waals surface area contributed by atoms with Gasteiger partial charge in [-0.15, -0.1) is 22.7 Å². The zero-order chi connectivity index (χ0) is 64.9. The predicted octanol–water partition coefficient (Wildman–Crippen LogP) is 12.6. The Balaban J connectivity index is 0.000000248. The van der Waals surface area contributed by atoms with Crippen LogP contribution in [0.1, 0.15) is 162 Å². The highest BCUT2D eigenvalue weighted by atomic mass is 79.9. The Morgan fingerprint density at radius 1 is 0.605 bits per heavy atom. The fraction of sp³-hybridized carbons (Fsp3) is 0.483. The zero-order valence-corrected chi connectivity index (χ0v) is 53.4. The van der Waals surface area contributed by atoms with Crippen LogP contribution < -0.4 is 16.1 Å². The first-order chi connectivity index (χ1) is 39.5. The van der Waals surface area contributed by atoms with Crippen LogP contribution in [0.25, 0.3) is 22.5 Å². The summed E-state index contributed by atoms with van der Waals surface area (Å²) in [6.07, 6.45) is -3.70. The van der Waals surface area contributed by atoms with Gasteiger partial charge in [0, 0.05) is 53.2 Å². The van der Waals surface area contributed by atoms with Crippen molar-refractivity contribution in [1.82, 2.24) is 19.9 Å². The van der Waals surface area contributed by atoms with Crippen LogP contribution in [0.3, 0.4) is 0 Å². The summed E-state index contributed by atoms with van der Waals surface area (Å²) in [7, 11) is 9.73. The molecular formula is C58H70B3BrF6N6O10S2. The third-order valence-electron chi connectivity index (χ3n) is 14.7. The topological polar surface area (TPSA) is 228 Å². The number of thiazole rings is 2. The number of aliphatic hydroxyl groups is 4. The molecule has 2 aromatic carbocycles. The summed E-state index contributed by atoms with van der Waals surface area (Å²) >= 11 is 6.23. The molecule has 1 aliphatic heterocycles. The molecular weight excluding hydrogens is 1230 g/mol. The number of rotatable bonds is 13. The van der Waals surface area contributed by atoms with Gasteiger partial charge < -0.3 is 49.8 Å². The van der Waals surface area contributed by atoms with Gasteiger partial charge in [0.1, 0.15) is 22.8 Å². The number of hydrogen-bond donors (Lipinski definition) is 6. The lowest BCUT2D eigenvalue weighted by Gasteiger charge is -2.32. The number of carbonyl (C=O) groups is 2. The van der Waals surface area contributed by atoms with Crippen molar-refractivity contribution in [2.75, 3.05) is 24.9 Å². The molecule has 6 aromatic rings. The fourth-order valence-corrected chi connectivity index (χ4v) is 9.56. The molecule has 2 aliphatic carbocycles. The Labute approximate surface area is 516 Å². The minimum Gasteiger partial charge on any atom is -0.465 e. The Kier molecular flexibility index (Phi) is 22.8. The maximum Gasteiger partial charge on any atom is 0.494 e. The monoisotopic (exact) mass is 1300 g/mol. The Morgan fingerprint density at radius 3 is 1.20 bits per heavy atom. The summed E-state index contributed by atoms with van der Waals surface area (Å²) in [5, 5.41) is 43.1. The number of anilines is 4. The molecule has 3 aliphatic rings. The third-order valence-corrected chi connectivity index (χ3v) is 17.5. The first-order valence-electron chi connectivity index (χ1n) is 26.9. The highest BCUT2D eigenvalue weighted by Crippen LogP contribution is 2.50. The number of halogens is 7. The van der Waals surface area contributed by atoms with Crippen LogP contribution in [-0.2, 0) is 31.1 Å². The van der Waals surface area contributed by atoms with Gasteiger partial charge in [-0.2, -0.15) is 26.3 Å². The van der Waals surface area contributed by atoms with E-state index in [1.807, 2.05) is 76.2 Å². The van der Waals surface area contributed by atoms with Gasteiger partial charge in [-0.3, -0.25) is 0 Å². The van der Waals surface area contributed by atoms with Gasteiger partial charge in [-0.05, 0) is 150 Å². The molecule has 3 fully saturated rings. The standard InChI is InChI=1S/C26H27BF3N3O4S.C20H15BrF3N3O2S.2C6H14O2.B2/c1-24(2)25(3,4)37-27(36-24)17-10-8-14(9-11-17)19-20(15-6-7-15)38-23(32-19)33-21-18(22(34)35-5)12-16(13-31-21)26(28,29)30;1-29-18(28)14-8-12(20(22,23)24)9-25-17(14)27-19-26-15(16(30-19)11-2-3-11)10-4-6-13(21)7-5-10;2*1-5(2,7)6(3,4)8;1-2/h8-13,15H,6-7H2,1-5H3,(H,31,32,33);4-9,11H,2-3H2,1H3,(H,25,26,27);2*7-8H,1-4H3;. The molecule has 4 radical (unpaired) electrons. The maximum atomic E-state index is 13.2. The average molecular weight is 1300 g/mol. The lowest BCUT2D eigenvalue weighted by atomic mass is 9.78. The number of hydrogen-bond acceptors (Lipinski definition) is 18. The summed E-state index contributed by atoms with van der Waals surface area (Å²) in [5.74, 6) is -1.15. The van der Waals surface area contributed by atoms with E-state index in [-0.39, 0.29) is 22.8 Å². The summed E-state index contributed by atoms with van der Waals surface area (Å²) in [6, 6.07) is 17.0. The van der Waals surface area contributed by atoms with Crippen molar-refractivity contribution in [1.29, 1.82) is 0 Å². The second-order valence-corrected chi connectivity index (χ2v) is 26.4. The van der Waals surface area contributed by atoms with Crippen molar-refractivity contribution < 1.29 is 75.1 Å². The Hall–Kier alpha value is -5.45. The summed E-state index contributed by atoms with van der Waals surface area (Å²) in [6.45, 7) is 20.6. The molecule has 4 aromatic heterocycles. The number of nitrogens with zero attached hydrogens (tertiary/aromatic N) is 4. The van der Waals surface area contributed by atoms with Gasteiger partial charge >= 0.3 is 31.4 Å². The third kappa shape index (κ3) is 18.6. The van der Waals surface area contributed by atoms with Gasteiger partial charge in [0.25, 0.3) is 0 Å². The first-order valence-corrected chi connectivity index (χ1v) is 29.3. The van der Waals surface area contributed by atoms with Crippen LogP contribution in [-0.4, -0.2) is 123 Å². The van der Waals surface area contributed by atoms with E-state index in [0.29, 0.717) is 34.5 Å². The van der Waals surface area contributed by atoms with Crippen LogP contribution in [0.15, 0.2) is 77.5 Å². The molecule has 2 saturated carbocycles. The first kappa shape index (κ1) is 71.3. The highest BCUT2D eigenvalue weighted by Gasteiger charge is 2.52. The van der Waals surface area contributed by atoms with Crippen LogP contribution in [0, 0.1) is 0 Å². The molecule has 0 atom stereocenters. The number of methoxy groups -OCH3 is 2. The molecule has 86 heavy (non-hydrogen) atoms. The van der Waals surface area contributed by atoms with Crippen molar-refractivity contribution in [3.05, 3.63) is 110 Å². The predicted molar refractivity (Wildman–Crippen MR) is 327 cm³/mol. The molecule has 0 unspecified atom stereocenters. The molecule has 0 amide bonds. The minimum absolute atomic E-state index is 0.0340. The zero-order valence-electron chi connectivity index (χ0n) is 50.1. The van der Waals surface area contributed by atoms with E-state index in [4.69, 9.17) is 34.7 Å². The Bertz CT molecular complexity index is 3220. The normalized spacial score (nSPS) is 15.7. The maximum absolute atomic E-state index is 13.2.